The Kier molecular flexibility index (Phi) is 20.4. The Morgan fingerprint density at radius 3 is 2.02 bits per heavy atom. The molecule has 12 nitrogen and oxygen atoms in total. The summed E-state index contributed by atoms with van der Waals surface area (Å²) in [6.45, 7) is 5.33. The van der Waals surface area contributed by atoms with Crippen molar-refractivity contribution in [2.75, 3.05) is 33.4 Å². The maximum Gasteiger partial charge on any atom is 0.316 e. The molecule has 3 aromatic rings. The lowest BCUT2D eigenvalue weighted by molar-refractivity contribution is -0.162. The lowest BCUT2D eigenvalue weighted by Gasteiger charge is -2.34. The second kappa shape index (κ2) is 20.7. The maximum atomic E-state index is 13.3. The monoisotopic (exact) mass is 727 g/mol. The van der Waals surface area contributed by atoms with Gasteiger partial charge in [-0.3, -0.25) is 14.4 Å². The number of carbonyl (C=O) groups is 2. The van der Waals surface area contributed by atoms with Crippen LogP contribution < -0.4 is 10.2 Å². The number of ether oxygens (including phenoxy) is 2. The number of esters is 2. The average Bonchev–Trinajstić information content (AvgIpc) is 3.02. The summed E-state index contributed by atoms with van der Waals surface area (Å²) < 4.78 is 12.8. The standard InChI is InChI=1S/C33H45NO11S.4CH4/c1-6-33(4,31(43)44-17-19(36)14-34(5)15-23(37)28(40)29(41)24(38)16-35)18-32(2,3)30(42)45-20-11-12-26-22(13-20)27(39)21-9-7-8-10-25(21)46-26;;;;/h7-13,19,23-24,28-29,35-38,40-41H,6,14-18H2,1-5H3;4*1H4. The van der Waals surface area contributed by atoms with E-state index in [4.69, 9.17) is 14.6 Å². The van der Waals surface area contributed by atoms with Gasteiger partial charge in [0.25, 0.3) is 0 Å². The number of likely N-dealkylation sites (N-methyl/N-ethyl adjacent to an activating group) is 1. The molecule has 0 fully saturated rings. The topological polar surface area (TPSA) is 194 Å². The van der Waals surface area contributed by atoms with Crippen molar-refractivity contribution in [3.8, 4) is 5.75 Å². The highest BCUT2D eigenvalue weighted by Crippen LogP contribution is 2.39. The van der Waals surface area contributed by atoms with E-state index < -0.39 is 59.9 Å². The molecule has 0 bridgehead atoms. The zero-order valence-electron chi connectivity index (χ0n) is 26.8. The zero-order chi connectivity index (χ0) is 34.4. The summed E-state index contributed by atoms with van der Waals surface area (Å²) in [5, 5.41) is 59.8. The molecule has 0 spiro atoms. The van der Waals surface area contributed by atoms with Gasteiger partial charge in [0.05, 0.1) is 23.5 Å². The second-order valence-corrected chi connectivity index (χ2v) is 13.8. The Bertz CT molecular complexity index is 1560. The minimum atomic E-state index is -1.77. The van der Waals surface area contributed by atoms with Crippen LogP contribution in [0.2, 0.25) is 0 Å². The summed E-state index contributed by atoms with van der Waals surface area (Å²) in [6.07, 6.45) is -7.41. The first-order valence-electron chi connectivity index (χ1n) is 15.1. The largest absolute Gasteiger partial charge is 0.462 e. The second-order valence-electron chi connectivity index (χ2n) is 12.7. The molecular formula is C37H61NO11S. The van der Waals surface area contributed by atoms with Gasteiger partial charge < -0.3 is 45.0 Å². The van der Waals surface area contributed by atoms with Crippen molar-refractivity contribution in [3.05, 3.63) is 52.7 Å². The molecule has 0 aliphatic rings. The Hall–Kier alpha value is -3.01. The molecule has 1 aromatic heterocycles. The molecule has 0 radical (unpaired) electrons. The van der Waals surface area contributed by atoms with Crippen molar-refractivity contribution in [2.45, 2.75) is 101 Å². The highest BCUT2D eigenvalue weighted by Gasteiger charge is 2.43. The molecule has 0 aliphatic carbocycles. The number of aliphatic hydroxyl groups is 6. The van der Waals surface area contributed by atoms with Crippen LogP contribution in [-0.4, -0.2) is 111 Å². The van der Waals surface area contributed by atoms with Gasteiger partial charge in [-0.1, -0.05) is 48.8 Å². The zero-order valence-corrected chi connectivity index (χ0v) is 27.6. The number of carbonyl (C=O) groups excluding carboxylic acids is 2. The molecule has 286 valence electrons. The molecule has 1 heterocycles. The van der Waals surface area contributed by atoms with E-state index in [1.54, 1.807) is 58.0 Å². The molecule has 0 saturated heterocycles. The van der Waals surface area contributed by atoms with E-state index in [1.807, 2.05) is 12.1 Å². The van der Waals surface area contributed by atoms with Crippen LogP contribution in [0.25, 0.3) is 20.2 Å². The predicted octanol–water partition coefficient (Wildman–Crippen LogP) is 3.97. The Labute approximate surface area is 300 Å². The number of nitrogens with zero attached hydrogens (tertiary/aromatic N) is 1. The highest BCUT2D eigenvalue weighted by atomic mass is 32.1. The van der Waals surface area contributed by atoms with Gasteiger partial charge in [0, 0.05) is 33.3 Å². The van der Waals surface area contributed by atoms with Gasteiger partial charge in [0.15, 0.2) is 5.43 Å². The minimum absolute atomic E-state index is 0. The molecule has 2 aromatic carbocycles. The van der Waals surface area contributed by atoms with Gasteiger partial charge >= 0.3 is 11.9 Å². The number of hydrogen-bond donors (Lipinski definition) is 6. The van der Waals surface area contributed by atoms with Crippen LogP contribution in [0.15, 0.2) is 47.3 Å². The van der Waals surface area contributed by atoms with E-state index in [2.05, 4.69) is 0 Å². The van der Waals surface area contributed by atoms with Crippen LogP contribution in [0, 0.1) is 10.8 Å². The Morgan fingerprint density at radius 1 is 0.840 bits per heavy atom. The lowest BCUT2D eigenvalue weighted by atomic mass is 9.72. The molecule has 50 heavy (non-hydrogen) atoms. The molecule has 3 rings (SSSR count). The first kappa shape index (κ1) is 49.1. The Morgan fingerprint density at radius 2 is 1.42 bits per heavy atom. The molecule has 0 aliphatic heterocycles. The van der Waals surface area contributed by atoms with E-state index in [0.717, 1.165) is 9.40 Å². The molecule has 6 atom stereocenters. The lowest BCUT2D eigenvalue weighted by Crippen LogP contribution is -2.50. The summed E-state index contributed by atoms with van der Waals surface area (Å²) in [4.78, 5) is 41.0. The number of aliphatic hydroxyl groups excluding tert-OH is 6. The van der Waals surface area contributed by atoms with Crippen molar-refractivity contribution in [2.24, 2.45) is 10.8 Å². The summed E-state index contributed by atoms with van der Waals surface area (Å²) in [7, 11) is 1.52. The SMILES string of the molecule is C.C.C.C.CCC(C)(CC(C)(C)C(=O)Oc1ccc2sc3ccccc3c(=O)c2c1)C(=O)OCC(O)CN(C)CC(O)C(O)C(O)C(O)CO. The van der Waals surface area contributed by atoms with E-state index in [1.165, 1.54) is 23.3 Å². The van der Waals surface area contributed by atoms with Crippen molar-refractivity contribution in [3.63, 3.8) is 0 Å². The van der Waals surface area contributed by atoms with Crippen LogP contribution in [0.4, 0.5) is 0 Å². The van der Waals surface area contributed by atoms with Gasteiger partial charge in [-0.15, -0.1) is 11.3 Å². The maximum absolute atomic E-state index is 13.3. The van der Waals surface area contributed by atoms with Gasteiger partial charge in [-0.05, 0) is 71.0 Å². The fourth-order valence-corrected chi connectivity index (χ4v) is 6.36. The smallest absolute Gasteiger partial charge is 0.316 e. The number of rotatable bonds is 16. The van der Waals surface area contributed by atoms with Gasteiger partial charge in [0.1, 0.15) is 36.8 Å². The van der Waals surface area contributed by atoms with E-state index >= 15 is 0 Å². The van der Waals surface area contributed by atoms with Crippen LogP contribution >= 0.6 is 11.3 Å². The summed E-state index contributed by atoms with van der Waals surface area (Å²) in [6, 6.07) is 12.2. The van der Waals surface area contributed by atoms with Gasteiger partial charge in [-0.2, -0.15) is 0 Å². The van der Waals surface area contributed by atoms with Crippen molar-refractivity contribution in [1.82, 2.24) is 4.90 Å². The first-order chi connectivity index (χ1) is 21.5. The van der Waals surface area contributed by atoms with E-state index in [0.29, 0.717) is 17.2 Å². The predicted molar refractivity (Wildman–Crippen MR) is 201 cm³/mol. The highest BCUT2D eigenvalue weighted by molar-refractivity contribution is 7.24. The third-order valence-corrected chi connectivity index (χ3v) is 9.32. The molecule has 6 N–H and O–H groups in total. The van der Waals surface area contributed by atoms with Crippen molar-refractivity contribution >= 4 is 43.4 Å². The molecule has 6 unspecified atom stereocenters. The third kappa shape index (κ3) is 12.1. The summed E-state index contributed by atoms with van der Waals surface area (Å²) >= 11 is 1.47. The van der Waals surface area contributed by atoms with Crippen molar-refractivity contribution < 1.29 is 49.7 Å². The molecular weight excluding hydrogens is 666 g/mol. The summed E-state index contributed by atoms with van der Waals surface area (Å²) in [5.74, 6) is -0.991. The van der Waals surface area contributed by atoms with Gasteiger partial charge in [-0.25, -0.2) is 0 Å². The Balaban J connectivity index is 0. The number of benzene rings is 2. The first-order valence-corrected chi connectivity index (χ1v) is 15.9. The number of fused-ring (bicyclic) bond motifs is 2. The third-order valence-electron chi connectivity index (χ3n) is 8.17. The number of hydrogen-bond acceptors (Lipinski definition) is 13. The molecule has 0 amide bonds. The average molecular weight is 728 g/mol. The van der Waals surface area contributed by atoms with Crippen molar-refractivity contribution in [1.29, 1.82) is 0 Å². The fourth-order valence-electron chi connectivity index (χ4n) is 5.30. The normalized spacial score (nSPS) is 15.5. The molecule has 13 heteroatoms. The quantitative estimate of drug-likeness (QED) is 0.0708. The van der Waals surface area contributed by atoms with Crippen LogP contribution in [-0.2, 0) is 14.3 Å². The van der Waals surface area contributed by atoms with E-state index in [9.17, 15) is 39.9 Å². The molecule has 0 saturated carbocycles. The van der Waals surface area contributed by atoms with Crippen LogP contribution in [0.5, 0.6) is 5.75 Å². The van der Waals surface area contributed by atoms with E-state index in [-0.39, 0.29) is 67.0 Å². The minimum Gasteiger partial charge on any atom is -0.462 e. The van der Waals surface area contributed by atoms with Crippen LogP contribution in [0.1, 0.15) is 70.2 Å². The van der Waals surface area contributed by atoms with Gasteiger partial charge in [0.2, 0.25) is 0 Å². The van der Waals surface area contributed by atoms with Crippen LogP contribution in [0.3, 0.4) is 0 Å². The fraction of sp³-hybridized carbons (Fsp3) is 0.595. The summed E-state index contributed by atoms with van der Waals surface area (Å²) in [5.41, 5.74) is -2.39.